The highest BCUT2D eigenvalue weighted by atomic mass is 19.4. The molecule has 7 heteroatoms. The van der Waals surface area contributed by atoms with Gasteiger partial charge in [-0.15, -0.1) is 0 Å². The number of nitrogens with zero attached hydrogens (tertiary/aromatic N) is 1. The molecule has 0 aliphatic carbocycles. The highest BCUT2D eigenvalue weighted by Gasteiger charge is 2.24. The standard InChI is InChI=1S/C23H16F5NO/c24-19-12-16-11-14(4-6-17(16)22(25)18(19)8-9-23(26,27)28)20-7-5-15(13-29-20)21-3-1-2-10-30-21/h4-7,11-13,21H,1-3,10H2. The molecule has 1 unspecified atom stereocenters. The van der Waals surface area contributed by atoms with E-state index in [0.29, 0.717) is 11.3 Å². The molecule has 2 heterocycles. The van der Waals surface area contributed by atoms with Gasteiger partial charge in [-0.25, -0.2) is 8.78 Å². The Kier molecular flexibility index (Phi) is 5.44. The smallest absolute Gasteiger partial charge is 0.373 e. The Hall–Kier alpha value is -2.98. The Labute approximate surface area is 169 Å². The third-order valence-corrected chi connectivity index (χ3v) is 4.99. The van der Waals surface area contributed by atoms with E-state index in [9.17, 15) is 22.0 Å². The molecular formula is C23H16F5NO. The average molecular weight is 417 g/mol. The fraction of sp³-hybridized carbons (Fsp3) is 0.261. The Morgan fingerprint density at radius 2 is 1.87 bits per heavy atom. The first-order valence-corrected chi connectivity index (χ1v) is 9.41. The number of alkyl halides is 3. The molecule has 2 aromatic carbocycles. The van der Waals surface area contributed by atoms with Crippen LogP contribution in [0.4, 0.5) is 22.0 Å². The topological polar surface area (TPSA) is 22.1 Å². The van der Waals surface area contributed by atoms with E-state index in [4.69, 9.17) is 4.74 Å². The number of halogens is 5. The van der Waals surface area contributed by atoms with Gasteiger partial charge in [-0.3, -0.25) is 4.98 Å². The zero-order valence-corrected chi connectivity index (χ0v) is 15.7. The van der Waals surface area contributed by atoms with Crippen LogP contribution in [0.15, 0.2) is 42.6 Å². The van der Waals surface area contributed by atoms with Crippen LogP contribution >= 0.6 is 0 Å². The minimum absolute atomic E-state index is 0.0150. The van der Waals surface area contributed by atoms with E-state index in [-0.39, 0.29) is 16.9 Å². The van der Waals surface area contributed by atoms with Gasteiger partial charge in [0.25, 0.3) is 0 Å². The lowest BCUT2D eigenvalue weighted by Crippen LogP contribution is -2.11. The van der Waals surface area contributed by atoms with E-state index < -0.39 is 23.4 Å². The lowest BCUT2D eigenvalue weighted by atomic mass is 10.00. The summed E-state index contributed by atoms with van der Waals surface area (Å²) >= 11 is 0. The van der Waals surface area contributed by atoms with Gasteiger partial charge in [0.1, 0.15) is 11.6 Å². The normalized spacial score (nSPS) is 16.9. The molecule has 1 saturated heterocycles. The lowest BCUT2D eigenvalue weighted by Gasteiger charge is -2.22. The van der Waals surface area contributed by atoms with Gasteiger partial charge < -0.3 is 4.74 Å². The largest absolute Gasteiger partial charge is 0.458 e. The van der Waals surface area contributed by atoms with Gasteiger partial charge in [0.2, 0.25) is 0 Å². The molecule has 30 heavy (non-hydrogen) atoms. The molecular weight excluding hydrogens is 401 g/mol. The third-order valence-electron chi connectivity index (χ3n) is 4.99. The van der Waals surface area contributed by atoms with Crippen LogP contribution in [-0.2, 0) is 4.74 Å². The van der Waals surface area contributed by atoms with Gasteiger partial charge in [0.15, 0.2) is 0 Å². The summed E-state index contributed by atoms with van der Waals surface area (Å²) in [6.45, 7) is 0.726. The molecule has 1 aliphatic rings. The van der Waals surface area contributed by atoms with E-state index in [1.807, 2.05) is 12.1 Å². The van der Waals surface area contributed by atoms with E-state index in [1.165, 1.54) is 6.07 Å². The molecule has 3 aromatic rings. The summed E-state index contributed by atoms with van der Waals surface area (Å²) in [6.07, 6.45) is 0.00959. The number of hydrogen-bond acceptors (Lipinski definition) is 2. The second-order valence-electron chi connectivity index (χ2n) is 7.06. The number of rotatable bonds is 2. The van der Waals surface area contributed by atoms with E-state index in [0.717, 1.165) is 43.4 Å². The van der Waals surface area contributed by atoms with Crippen LogP contribution in [0, 0.1) is 23.5 Å². The Bertz CT molecular complexity index is 1140. The van der Waals surface area contributed by atoms with Gasteiger partial charge in [0, 0.05) is 29.7 Å². The first-order valence-electron chi connectivity index (χ1n) is 9.41. The van der Waals surface area contributed by atoms with Gasteiger partial charge in [-0.1, -0.05) is 24.1 Å². The van der Waals surface area contributed by atoms with Crippen LogP contribution in [0.5, 0.6) is 0 Å². The van der Waals surface area contributed by atoms with Crippen molar-refractivity contribution in [3.05, 3.63) is 65.4 Å². The van der Waals surface area contributed by atoms with Crippen LogP contribution < -0.4 is 0 Å². The molecule has 0 N–H and O–H groups in total. The van der Waals surface area contributed by atoms with E-state index in [1.54, 1.807) is 24.3 Å². The molecule has 1 aliphatic heterocycles. The van der Waals surface area contributed by atoms with Gasteiger partial charge >= 0.3 is 6.18 Å². The van der Waals surface area contributed by atoms with Crippen molar-refractivity contribution in [1.82, 2.24) is 4.98 Å². The molecule has 0 amide bonds. The lowest BCUT2D eigenvalue weighted by molar-refractivity contribution is -0.0696. The van der Waals surface area contributed by atoms with Crippen molar-refractivity contribution in [2.24, 2.45) is 0 Å². The molecule has 0 radical (unpaired) electrons. The van der Waals surface area contributed by atoms with Crippen molar-refractivity contribution >= 4 is 10.8 Å². The van der Waals surface area contributed by atoms with Crippen molar-refractivity contribution in [3.8, 4) is 23.1 Å². The molecule has 154 valence electrons. The summed E-state index contributed by atoms with van der Waals surface area (Å²) in [6, 6.07) is 9.22. The Balaban J connectivity index is 1.67. The van der Waals surface area contributed by atoms with E-state index in [2.05, 4.69) is 4.98 Å². The van der Waals surface area contributed by atoms with E-state index >= 15 is 0 Å². The van der Waals surface area contributed by atoms with Crippen molar-refractivity contribution in [2.45, 2.75) is 31.5 Å². The van der Waals surface area contributed by atoms with Crippen molar-refractivity contribution in [2.75, 3.05) is 6.61 Å². The number of benzene rings is 2. The predicted molar refractivity (Wildman–Crippen MR) is 103 cm³/mol. The zero-order chi connectivity index (χ0) is 21.3. The third kappa shape index (κ3) is 4.29. The summed E-state index contributed by atoms with van der Waals surface area (Å²) in [5, 5.41) is 0.195. The van der Waals surface area contributed by atoms with Crippen LogP contribution in [-0.4, -0.2) is 17.8 Å². The summed E-state index contributed by atoms with van der Waals surface area (Å²) in [4.78, 5) is 4.43. The fourth-order valence-corrected chi connectivity index (χ4v) is 3.51. The van der Waals surface area contributed by atoms with Gasteiger partial charge in [-0.05, 0) is 48.4 Å². The van der Waals surface area contributed by atoms with Crippen LogP contribution in [0.3, 0.4) is 0 Å². The zero-order valence-electron chi connectivity index (χ0n) is 15.7. The fourth-order valence-electron chi connectivity index (χ4n) is 3.51. The Morgan fingerprint density at radius 1 is 1.03 bits per heavy atom. The van der Waals surface area contributed by atoms with Crippen LogP contribution in [0.25, 0.3) is 22.0 Å². The van der Waals surface area contributed by atoms with Gasteiger partial charge in [-0.2, -0.15) is 13.2 Å². The molecule has 2 nitrogen and oxygen atoms in total. The van der Waals surface area contributed by atoms with Crippen LogP contribution in [0.1, 0.15) is 36.5 Å². The SMILES string of the molecule is Fc1cc2cc(-c3ccc(C4CCCCO4)cn3)ccc2c(F)c1C#CC(F)(F)F. The molecule has 4 rings (SSSR count). The second-order valence-corrected chi connectivity index (χ2v) is 7.06. The number of fused-ring (bicyclic) bond motifs is 1. The number of hydrogen-bond donors (Lipinski definition) is 0. The number of ether oxygens (including phenoxy) is 1. The maximum Gasteiger partial charge on any atom is 0.458 e. The molecule has 0 saturated carbocycles. The predicted octanol–water partition coefficient (Wildman–Crippen LogP) is 6.34. The number of pyridine rings is 1. The summed E-state index contributed by atoms with van der Waals surface area (Å²) in [5.74, 6) is 0.186. The molecule has 0 spiro atoms. The summed E-state index contributed by atoms with van der Waals surface area (Å²) in [7, 11) is 0. The van der Waals surface area contributed by atoms with Crippen molar-refractivity contribution in [3.63, 3.8) is 0 Å². The quantitative estimate of drug-likeness (QED) is 0.359. The van der Waals surface area contributed by atoms with Crippen LogP contribution in [0.2, 0.25) is 0 Å². The average Bonchev–Trinajstić information content (AvgIpc) is 2.73. The Morgan fingerprint density at radius 3 is 2.53 bits per heavy atom. The first-order chi connectivity index (χ1) is 14.3. The first kappa shape index (κ1) is 20.3. The minimum atomic E-state index is -4.84. The highest BCUT2D eigenvalue weighted by Crippen LogP contribution is 2.31. The molecule has 1 atom stereocenters. The minimum Gasteiger partial charge on any atom is -0.373 e. The summed E-state index contributed by atoms with van der Waals surface area (Å²) < 4.78 is 71.3. The molecule has 0 bridgehead atoms. The second kappa shape index (κ2) is 8.04. The van der Waals surface area contributed by atoms with Gasteiger partial charge in [0.05, 0.1) is 17.4 Å². The maximum absolute atomic E-state index is 14.6. The summed E-state index contributed by atoms with van der Waals surface area (Å²) in [5.41, 5.74) is 1.32. The molecule has 1 fully saturated rings. The highest BCUT2D eigenvalue weighted by molar-refractivity contribution is 5.88. The van der Waals surface area contributed by atoms with Crippen molar-refractivity contribution in [1.29, 1.82) is 0 Å². The number of aromatic nitrogens is 1. The van der Waals surface area contributed by atoms with Crippen molar-refractivity contribution < 1.29 is 26.7 Å². The monoisotopic (exact) mass is 417 g/mol. The maximum atomic E-state index is 14.6. The molecule has 1 aromatic heterocycles.